The van der Waals surface area contributed by atoms with Crippen molar-refractivity contribution in [2.75, 3.05) is 0 Å². The van der Waals surface area contributed by atoms with Crippen LogP contribution in [0.4, 0.5) is 0 Å². The summed E-state index contributed by atoms with van der Waals surface area (Å²) in [4.78, 5) is 17.6. The second kappa shape index (κ2) is 5.17. The molecule has 0 radical (unpaired) electrons. The maximum atomic E-state index is 12.1. The summed E-state index contributed by atoms with van der Waals surface area (Å²) >= 11 is 1.62. The summed E-state index contributed by atoms with van der Waals surface area (Å²) < 4.78 is 1.99. The molecular weight excluding hydrogens is 258 g/mol. The lowest BCUT2D eigenvalue weighted by Crippen LogP contribution is -2.32. The lowest BCUT2D eigenvalue weighted by molar-refractivity contribution is -0.121. The number of carbonyl (C=O) groups is 1. The van der Waals surface area contributed by atoms with E-state index >= 15 is 0 Å². The third kappa shape index (κ3) is 2.87. The molecule has 1 aliphatic rings. The molecule has 1 atom stereocenters. The van der Waals surface area contributed by atoms with E-state index in [9.17, 15) is 4.79 Å². The van der Waals surface area contributed by atoms with Crippen molar-refractivity contribution in [1.82, 2.24) is 14.9 Å². The molecule has 0 saturated heterocycles. The second-order valence-electron chi connectivity index (χ2n) is 5.04. The standard InChI is InChI=1S/C14H17N3OS/c1-17-7-6-15-14(17)13(10-4-5-10)16-12(18)9-11-3-2-8-19-11/h2-3,6-8,10,13H,4-5,9H2,1H3,(H,16,18)/t13-/m0/s1. The highest BCUT2D eigenvalue weighted by Crippen LogP contribution is 2.40. The van der Waals surface area contributed by atoms with E-state index in [0.717, 1.165) is 10.7 Å². The van der Waals surface area contributed by atoms with Gasteiger partial charge in [-0.3, -0.25) is 4.79 Å². The Labute approximate surface area is 116 Å². The molecule has 0 aromatic carbocycles. The molecule has 0 aliphatic heterocycles. The monoisotopic (exact) mass is 275 g/mol. The van der Waals surface area contributed by atoms with Crippen molar-refractivity contribution in [2.45, 2.75) is 25.3 Å². The van der Waals surface area contributed by atoms with Crippen LogP contribution in [0, 0.1) is 5.92 Å². The average molecular weight is 275 g/mol. The molecule has 2 heterocycles. The van der Waals surface area contributed by atoms with Gasteiger partial charge in [-0.15, -0.1) is 11.3 Å². The number of nitrogens with zero attached hydrogens (tertiary/aromatic N) is 2. The first-order chi connectivity index (χ1) is 9.24. The largest absolute Gasteiger partial charge is 0.346 e. The van der Waals surface area contributed by atoms with Gasteiger partial charge in [-0.25, -0.2) is 4.98 Å². The highest BCUT2D eigenvalue weighted by molar-refractivity contribution is 7.10. The van der Waals surface area contributed by atoms with Gasteiger partial charge < -0.3 is 9.88 Å². The molecule has 0 bridgehead atoms. The fourth-order valence-corrected chi connectivity index (χ4v) is 3.00. The first kappa shape index (κ1) is 12.4. The van der Waals surface area contributed by atoms with Crippen LogP contribution in [-0.4, -0.2) is 15.5 Å². The number of carbonyl (C=O) groups excluding carboxylic acids is 1. The summed E-state index contributed by atoms with van der Waals surface area (Å²) in [6, 6.07) is 4.04. The van der Waals surface area contributed by atoms with Crippen molar-refractivity contribution in [3.8, 4) is 0 Å². The zero-order valence-corrected chi connectivity index (χ0v) is 11.7. The molecule has 4 nitrogen and oxygen atoms in total. The molecule has 1 amide bonds. The average Bonchev–Trinajstić information content (AvgIpc) is 2.94. The van der Waals surface area contributed by atoms with Gasteiger partial charge in [-0.1, -0.05) is 6.07 Å². The third-order valence-corrected chi connectivity index (χ3v) is 4.34. The fourth-order valence-electron chi connectivity index (χ4n) is 2.30. The molecule has 19 heavy (non-hydrogen) atoms. The van der Waals surface area contributed by atoms with Crippen molar-refractivity contribution in [3.05, 3.63) is 40.6 Å². The smallest absolute Gasteiger partial charge is 0.225 e. The van der Waals surface area contributed by atoms with Crippen LogP contribution in [0.3, 0.4) is 0 Å². The van der Waals surface area contributed by atoms with Gasteiger partial charge >= 0.3 is 0 Å². The summed E-state index contributed by atoms with van der Waals surface area (Å²) in [7, 11) is 1.98. The summed E-state index contributed by atoms with van der Waals surface area (Å²) in [5, 5.41) is 5.14. The number of rotatable bonds is 5. The van der Waals surface area contributed by atoms with Gasteiger partial charge in [-0.2, -0.15) is 0 Å². The number of hydrogen-bond acceptors (Lipinski definition) is 3. The Morgan fingerprint density at radius 1 is 1.63 bits per heavy atom. The normalized spacial score (nSPS) is 16.3. The van der Waals surface area contributed by atoms with Crippen LogP contribution in [0.5, 0.6) is 0 Å². The van der Waals surface area contributed by atoms with Crippen molar-refractivity contribution < 1.29 is 4.79 Å². The van der Waals surface area contributed by atoms with E-state index in [2.05, 4.69) is 10.3 Å². The summed E-state index contributed by atoms with van der Waals surface area (Å²) in [6.45, 7) is 0. The Morgan fingerprint density at radius 3 is 3.05 bits per heavy atom. The molecule has 2 aromatic heterocycles. The Balaban J connectivity index is 1.68. The summed E-state index contributed by atoms with van der Waals surface area (Å²) in [5.74, 6) is 1.60. The highest BCUT2D eigenvalue weighted by atomic mass is 32.1. The van der Waals surface area contributed by atoms with Crippen molar-refractivity contribution in [1.29, 1.82) is 0 Å². The first-order valence-corrected chi connectivity index (χ1v) is 7.41. The van der Waals surface area contributed by atoms with E-state index < -0.39 is 0 Å². The zero-order valence-electron chi connectivity index (χ0n) is 10.9. The number of amides is 1. The van der Waals surface area contributed by atoms with Crippen LogP contribution in [0.1, 0.15) is 29.6 Å². The molecule has 1 N–H and O–H groups in total. The Bertz CT molecular complexity index is 557. The minimum atomic E-state index is 0.0625. The van der Waals surface area contributed by atoms with Crippen LogP contribution < -0.4 is 5.32 Å². The topological polar surface area (TPSA) is 46.9 Å². The predicted molar refractivity (Wildman–Crippen MR) is 74.8 cm³/mol. The third-order valence-electron chi connectivity index (χ3n) is 3.46. The fraction of sp³-hybridized carbons (Fsp3) is 0.429. The van der Waals surface area contributed by atoms with Crippen LogP contribution in [-0.2, 0) is 18.3 Å². The van der Waals surface area contributed by atoms with Crippen molar-refractivity contribution in [2.24, 2.45) is 13.0 Å². The first-order valence-electron chi connectivity index (χ1n) is 6.53. The maximum Gasteiger partial charge on any atom is 0.225 e. The molecule has 0 unspecified atom stereocenters. The molecule has 2 aromatic rings. The number of thiophene rings is 1. The molecule has 3 rings (SSSR count). The molecule has 1 fully saturated rings. The minimum absolute atomic E-state index is 0.0625. The lowest BCUT2D eigenvalue weighted by Gasteiger charge is -2.17. The van der Waals surface area contributed by atoms with E-state index in [-0.39, 0.29) is 11.9 Å². The van der Waals surface area contributed by atoms with E-state index in [1.165, 1.54) is 12.8 Å². The van der Waals surface area contributed by atoms with Crippen LogP contribution >= 0.6 is 11.3 Å². The zero-order chi connectivity index (χ0) is 13.2. The van der Waals surface area contributed by atoms with Gasteiger partial charge in [0.2, 0.25) is 5.91 Å². The molecular formula is C14H17N3OS. The predicted octanol–water partition coefficient (Wildman–Crippen LogP) is 2.29. The van der Waals surface area contributed by atoms with Crippen LogP contribution in [0.15, 0.2) is 29.9 Å². The van der Waals surface area contributed by atoms with Gasteiger partial charge in [0.05, 0.1) is 12.5 Å². The molecule has 5 heteroatoms. The molecule has 0 spiro atoms. The van der Waals surface area contributed by atoms with Gasteiger partial charge in [0, 0.05) is 24.3 Å². The van der Waals surface area contributed by atoms with Crippen LogP contribution in [0.2, 0.25) is 0 Å². The van der Waals surface area contributed by atoms with Crippen LogP contribution in [0.25, 0.3) is 0 Å². The number of nitrogens with one attached hydrogen (secondary N) is 1. The molecule has 100 valence electrons. The van der Waals surface area contributed by atoms with E-state index in [0.29, 0.717) is 12.3 Å². The number of aryl methyl sites for hydroxylation is 1. The SMILES string of the molecule is Cn1ccnc1[C@@H](NC(=O)Cc1cccs1)C1CC1. The summed E-state index contributed by atoms with van der Waals surface area (Å²) in [5.41, 5.74) is 0. The van der Waals surface area contributed by atoms with Gasteiger partial charge in [-0.05, 0) is 30.2 Å². The van der Waals surface area contributed by atoms with Gasteiger partial charge in [0.1, 0.15) is 5.82 Å². The number of imidazole rings is 1. The number of hydrogen-bond donors (Lipinski definition) is 1. The van der Waals surface area contributed by atoms with Crippen molar-refractivity contribution in [3.63, 3.8) is 0 Å². The summed E-state index contributed by atoms with van der Waals surface area (Å²) in [6.07, 6.45) is 6.53. The second-order valence-corrected chi connectivity index (χ2v) is 6.07. The lowest BCUT2D eigenvalue weighted by atomic mass is 10.1. The highest BCUT2D eigenvalue weighted by Gasteiger charge is 2.35. The number of aromatic nitrogens is 2. The van der Waals surface area contributed by atoms with E-state index in [1.807, 2.05) is 35.3 Å². The quantitative estimate of drug-likeness (QED) is 0.910. The Hall–Kier alpha value is -1.62. The molecule has 1 saturated carbocycles. The molecule has 1 aliphatic carbocycles. The van der Waals surface area contributed by atoms with Crippen molar-refractivity contribution >= 4 is 17.2 Å². The van der Waals surface area contributed by atoms with E-state index in [1.54, 1.807) is 17.5 Å². The minimum Gasteiger partial charge on any atom is -0.346 e. The van der Waals surface area contributed by atoms with Gasteiger partial charge in [0.25, 0.3) is 0 Å². The maximum absolute atomic E-state index is 12.1. The van der Waals surface area contributed by atoms with Gasteiger partial charge in [0.15, 0.2) is 0 Å². The Kier molecular flexibility index (Phi) is 3.38. The Morgan fingerprint density at radius 2 is 2.47 bits per heavy atom. The van der Waals surface area contributed by atoms with E-state index in [4.69, 9.17) is 0 Å².